The van der Waals surface area contributed by atoms with Crippen LogP contribution in [0.4, 0.5) is 10.5 Å². The van der Waals surface area contributed by atoms with E-state index in [0.29, 0.717) is 22.7 Å². The lowest BCUT2D eigenvalue weighted by Gasteiger charge is -2.32. The second kappa shape index (κ2) is 8.73. The predicted molar refractivity (Wildman–Crippen MR) is 116 cm³/mol. The normalized spacial score (nSPS) is 17.7. The minimum absolute atomic E-state index is 0.0527. The second-order valence-corrected chi connectivity index (χ2v) is 7.81. The molecule has 31 heavy (non-hydrogen) atoms. The molecule has 1 atom stereocenters. The van der Waals surface area contributed by atoms with Crippen LogP contribution in [0, 0.1) is 0 Å². The van der Waals surface area contributed by atoms with Crippen molar-refractivity contribution >= 4 is 35.4 Å². The molecule has 2 aliphatic rings. The molecule has 0 unspecified atom stereocenters. The number of carbonyl (C=O) groups is 3. The minimum atomic E-state index is -0.623. The molecule has 0 aliphatic carbocycles. The summed E-state index contributed by atoms with van der Waals surface area (Å²) < 4.78 is 10.4. The number of nitrogens with one attached hydrogen (secondary N) is 2. The number of hydrogen-bond donors (Lipinski definition) is 2. The fraction of sp³-hybridized carbons (Fsp3) is 0.227. The van der Waals surface area contributed by atoms with Gasteiger partial charge in [0.1, 0.15) is 18.9 Å². The maximum atomic E-state index is 12.9. The topological polar surface area (TPSA) is 97.0 Å². The zero-order valence-electron chi connectivity index (χ0n) is 17.0. The summed E-state index contributed by atoms with van der Waals surface area (Å²) in [6, 6.07) is 13.5. The molecule has 4 rings (SSSR count). The van der Waals surface area contributed by atoms with Crippen molar-refractivity contribution in [1.29, 1.82) is 0 Å². The summed E-state index contributed by atoms with van der Waals surface area (Å²) in [6.45, 7) is -0.319. The molecular weight excluding hydrogens is 418 g/mol. The Kier molecular flexibility index (Phi) is 5.85. The zero-order chi connectivity index (χ0) is 22.0. The number of ether oxygens (including phenoxy) is 2. The van der Waals surface area contributed by atoms with Crippen LogP contribution in [0.3, 0.4) is 0 Å². The van der Waals surface area contributed by atoms with Crippen LogP contribution in [0.5, 0.6) is 5.75 Å². The average molecular weight is 439 g/mol. The molecule has 3 amide bonds. The summed E-state index contributed by atoms with van der Waals surface area (Å²) in [5, 5.41) is 5.57. The first kappa shape index (κ1) is 20.8. The van der Waals surface area contributed by atoms with Gasteiger partial charge in [0.05, 0.1) is 30.1 Å². The first-order valence-electron chi connectivity index (χ1n) is 9.57. The van der Waals surface area contributed by atoms with Crippen LogP contribution in [0.25, 0.3) is 0 Å². The van der Waals surface area contributed by atoms with E-state index in [1.165, 1.54) is 12.0 Å². The molecule has 0 fully saturated rings. The van der Waals surface area contributed by atoms with Gasteiger partial charge in [0.25, 0.3) is 0 Å². The molecule has 0 aromatic heterocycles. The summed E-state index contributed by atoms with van der Waals surface area (Å²) >= 11 is 1.60. The molecule has 9 heteroatoms. The molecule has 0 saturated carbocycles. The number of thioether (sulfide) groups is 1. The summed E-state index contributed by atoms with van der Waals surface area (Å²) in [7, 11) is 1.51. The number of methoxy groups -OCH3 is 1. The molecule has 2 aromatic carbocycles. The Morgan fingerprint density at radius 2 is 1.97 bits per heavy atom. The quantitative estimate of drug-likeness (QED) is 0.531. The van der Waals surface area contributed by atoms with E-state index >= 15 is 0 Å². The fourth-order valence-electron chi connectivity index (χ4n) is 3.61. The highest BCUT2D eigenvalue weighted by atomic mass is 32.2. The number of amides is 3. The number of nitrogens with zero attached hydrogens (tertiary/aromatic N) is 1. The third-order valence-electron chi connectivity index (χ3n) is 5.13. The van der Waals surface area contributed by atoms with Crippen molar-refractivity contribution in [2.45, 2.75) is 10.9 Å². The Balaban J connectivity index is 1.58. The van der Waals surface area contributed by atoms with E-state index < -0.39 is 23.9 Å². The van der Waals surface area contributed by atoms with Crippen LogP contribution >= 0.6 is 11.8 Å². The van der Waals surface area contributed by atoms with E-state index in [-0.39, 0.29) is 13.2 Å². The lowest BCUT2D eigenvalue weighted by molar-refractivity contribution is -0.136. The molecule has 0 saturated heterocycles. The van der Waals surface area contributed by atoms with E-state index in [0.717, 1.165) is 10.5 Å². The van der Waals surface area contributed by atoms with Crippen molar-refractivity contribution in [3.05, 3.63) is 65.4 Å². The minimum Gasteiger partial charge on any atom is -0.495 e. The first-order chi connectivity index (χ1) is 15.0. The Morgan fingerprint density at radius 3 is 2.68 bits per heavy atom. The zero-order valence-corrected chi connectivity index (χ0v) is 17.8. The number of carbonyl (C=O) groups excluding carboxylic acids is 3. The van der Waals surface area contributed by atoms with E-state index in [9.17, 15) is 14.4 Å². The van der Waals surface area contributed by atoms with Gasteiger partial charge >= 0.3 is 12.0 Å². The standard InChI is InChI=1S/C22H21N3O5S/c1-29-17-6-4-3-5-15(17)23-18(26)11-25-16-12-30-21(27)19(16)20(24-22(25)28)13-7-9-14(31-2)10-8-13/h3-10,20H,11-12H2,1-2H3,(H,23,26)(H,24,28)/t20-/m0/s1. The van der Waals surface area contributed by atoms with Crippen molar-refractivity contribution in [3.8, 4) is 5.75 Å². The number of esters is 1. The van der Waals surface area contributed by atoms with Gasteiger partial charge in [-0.05, 0) is 36.1 Å². The Hall–Kier alpha value is -3.46. The maximum absolute atomic E-state index is 12.9. The van der Waals surface area contributed by atoms with Crippen LogP contribution in [0.15, 0.2) is 64.7 Å². The number of urea groups is 1. The van der Waals surface area contributed by atoms with Crippen LogP contribution < -0.4 is 15.4 Å². The molecule has 0 radical (unpaired) electrons. The van der Waals surface area contributed by atoms with Gasteiger partial charge in [-0.3, -0.25) is 9.69 Å². The van der Waals surface area contributed by atoms with Gasteiger partial charge in [0, 0.05) is 4.90 Å². The van der Waals surface area contributed by atoms with Gasteiger partial charge < -0.3 is 20.1 Å². The monoisotopic (exact) mass is 439 g/mol. The summed E-state index contributed by atoms with van der Waals surface area (Å²) in [5.74, 6) is -0.412. The lowest BCUT2D eigenvalue weighted by Crippen LogP contribution is -2.49. The number of rotatable bonds is 6. The van der Waals surface area contributed by atoms with E-state index in [1.54, 1.807) is 36.0 Å². The molecular formula is C22H21N3O5S. The molecule has 2 aromatic rings. The smallest absolute Gasteiger partial charge is 0.338 e. The van der Waals surface area contributed by atoms with Crippen LogP contribution in [-0.4, -0.2) is 49.3 Å². The Morgan fingerprint density at radius 1 is 1.23 bits per heavy atom. The van der Waals surface area contributed by atoms with Crippen molar-refractivity contribution in [2.75, 3.05) is 31.8 Å². The fourth-order valence-corrected chi connectivity index (χ4v) is 4.01. The summed E-state index contributed by atoms with van der Waals surface area (Å²) in [5.41, 5.74) is 2.02. The predicted octanol–water partition coefficient (Wildman–Crippen LogP) is 2.93. The van der Waals surface area contributed by atoms with E-state index in [2.05, 4.69) is 10.6 Å². The van der Waals surface area contributed by atoms with Crippen molar-refractivity contribution in [3.63, 3.8) is 0 Å². The summed E-state index contributed by atoms with van der Waals surface area (Å²) in [4.78, 5) is 40.3. The van der Waals surface area contributed by atoms with Gasteiger partial charge in [0.2, 0.25) is 5.91 Å². The van der Waals surface area contributed by atoms with E-state index in [4.69, 9.17) is 9.47 Å². The Bertz CT molecular complexity index is 1070. The molecule has 2 aliphatic heterocycles. The van der Waals surface area contributed by atoms with Gasteiger partial charge in [0.15, 0.2) is 0 Å². The highest BCUT2D eigenvalue weighted by Gasteiger charge is 2.42. The van der Waals surface area contributed by atoms with Crippen molar-refractivity contribution in [2.24, 2.45) is 0 Å². The first-order valence-corrected chi connectivity index (χ1v) is 10.8. The van der Waals surface area contributed by atoms with Gasteiger partial charge in [-0.15, -0.1) is 11.8 Å². The number of cyclic esters (lactones) is 1. The maximum Gasteiger partial charge on any atom is 0.338 e. The van der Waals surface area contributed by atoms with Gasteiger partial charge in [-0.1, -0.05) is 24.3 Å². The molecule has 160 valence electrons. The third kappa shape index (κ3) is 4.09. The SMILES string of the molecule is COc1ccccc1NC(=O)CN1C(=O)N[C@@H](c2ccc(SC)cc2)C2=C1COC2=O. The second-order valence-electron chi connectivity index (χ2n) is 6.93. The highest BCUT2D eigenvalue weighted by molar-refractivity contribution is 7.98. The molecule has 2 N–H and O–H groups in total. The van der Waals surface area contributed by atoms with Gasteiger partial charge in [-0.25, -0.2) is 9.59 Å². The van der Waals surface area contributed by atoms with Crippen LogP contribution in [-0.2, 0) is 14.3 Å². The van der Waals surface area contributed by atoms with E-state index in [1.807, 2.05) is 30.5 Å². The van der Waals surface area contributed by atoms with Crippen LogP contribution in [0.1, 0.15) is 11.6 Å². The van der Waals surface area contributed by atoms with Crippen molar-refractivity contribution in [1.82, 2.24) is 10.2 Å². The average Bonchev–Trinajstić information content (AvgIpc) is 3.17. The van der Waals surface area contributed by atoms with Gasteiger partial charge in [-0.2, -0.15) is 0 Å². The largest absolute Gasteiger partial charge is 0.495 e. The molecule has 2 heterocycles. The highest BCUT2D eigenvalue weighted by Crippen LogP contribution is 2.35. The summed E-state index contributed by atoms with van der Waals surface area (Å²) in [6.07, 6.45) is 1.97. The lowest BCUT2D eigenvalue weighted by atomic mass is 9.96. The van der Waals surface area contributed by atoms with Crippen LogP contribution in [0.2, 0.25) is 0 Å². The molecule has 0 spiro atoms. The number of benzene rings is 2. The Labute approximate surface area is 183 Å². The number of para-hydroxylation sites is 2. The molecule has 0 bridgehead atoms. The third-order valence-corrected chi connectivity index (χ3v) is 5.87. The molecule has 8 nitrogen and oxygen atoms in total. The number of anilines is 1. The van der Waals surface area contributed by atoms with Crippen molar-refractivity contribution < 1.29 is 23.9 Å². The number of hydrogen-bond acceptors (Lipinski definition) is 6.